The standard InChI is InChI=1S/C17H29N3O/c1-13(2)11-17(7-5-6-8-17)12-19-15-16(21)20(14(3)4)10-9-18-15/h9-10,13-14H,5-8,11-12H2,1-4H3,(H,18,19). The third-order valence-electron chi connectivity index (χ3n) is 4.56. The molecule has 0 atom stereocenters. The molecule has 1 aromatic rings. The zero-order chi connectivity index (χ0) is 15.5. The van der Waals surface area contributed by atoms with E-state index in [0.29, 0.717) is 17.2 Å². The SMILES string of the molecule is CC(C)CC1(CNc2nccn(C(C)C)c2=O)CCCC1. The van der Waals surface area contributed by atoms with Gasteiger partial charge in [0.1, 0.15) is 0 Å². The molecule has 118 valence electrons. The van der Waals surface area contributed by atoms with Crippen LogP contribution in [-0.2, 0) is 0 Å². The Morgan fingerprint density at radius 1 is 1.29 bits per heavy atom. The van der Waals surface area contributed by atoms with Crippen molar-refractivity contribution in [3.8, 4) is 0 Å². The predicted octanol–water partition coefficient (Wildman–Crippen LogP) is 3.84. The molecular weight excluding hydrogens is 262 g/mol. The molecule has 1 heterocycles. The lowest BCUT2D eigenvalue weighted by Gasteiger charge is -2.31. The minimum absolute atomic E-state index is 0.00908. The van der Waals surface area contributed by atoms with Crippen molar-refractivity contribution in [3.63, 3.8) is 0 Å². The first-order valence-corrected chi connectivity index (χ1v) is 8.24. The summed E-state index contributed by atoms with van der Waals surface area (Å²) in [5.74, 6) is 1.20. The summed E-state index contributed by atoms with van der Waals surface area (Å²) in [6, 6.07) is 0.164. The highest BCUT2D eigenvalue weighted by atomic mass is 16.1. The molecule has 2 rings (SSSR count). The van der Waals surface area contributed by atoms with Gasteiger partial charge in [-0.2, -0.15) is 0 Å². The minimum Gasteiger partial charge on any atom is -0.365 e. The van der Waals surface area contributed by atoms with Gasteiger partial charge in [-0.3, -0.25) is 4.79 Å². The number of anilines is 1. The summed E-state index contributed by atoms with van der Waals surface area (Å²) in [5.41, 5.74) is 0.339. The number of aromatic nitrogens is 2. The maximum Gasteiger partial charge on any atom is 0.293 e. The van der Waals surface area contributed by atoms with E-state index in [-0.39, 0.29) is 11.6 Å². The minimum atomic E-state index is -0.00908. The van der Waals surface area contributed by atoms with Gasteiger partial charge in [0, 0.05) is 25.0 Å². The molecule has 1 aliphatic carbocycles. The first-order chi connectivity index (χ1) is 9.93. The van der Waals surface area contributed by atoms with Crippen LogP contribution in [0.3, 0.4) is 0 Å². The van der Waals surface area contributed by atoms with Crippen LogP contribution >= 0.6 is 0 Å². The summed E-state index contributed by atoms with van der Waals surface area (Å²) < 4.78 is 1.74. The Kier molecular flexibility index (Phi) is 5.07. The fraction of sp³-hybridized carbons (Fsp3) is 0.765. The summed E-state index contributed by atoms with van der Waals surface area (Å²) in [6.45, 7) is 9.47. The Balaban J connectivity index is 2.11. The summed E-state index contributed by atoms with van der Waals surface area (Å²) >= 11 is 0. The molecule has 0 bridgehead atoms. The molecule has 0 saturated heterocycles. The molecule has 0 spiro atoms. The highest BCUT2D eigenvalue weighted by Crippen LogP contribution is 2.43. The van der Waals surface area contributed by atoms with Gasteiger partial charge in [-0.15, -0.1) is 0 Å². The zero-order valence-corrected chi connectivity index (χ0v) is 13.9. The van der Waals surface area contributed by atoms with E-state index in [1.165, 1.54) is 32.1 Å². The van der Waals surface area contributed by atoms with Crippen LogP contribution in [0.5, 0.6) is 0 Å². The second-order valence-corrected chi connectivity index (χ2v) is 7.24. The molecule has 21 heavy (non-hydrogen) atoms. The fourth-order valence-corrected chi connectivity index (χ4v) is 3.67. The highest BCUT2D eigenvalue weighted by Gasteiger charge is 2.34. The lowest BCUT2D eigenvalue weighted by atomic mass is 9.78. The Labute approximate surface area is 128 Å². The summed E-state index contributed by atoms with van der Waals surface area (Å²) in [4.78, 5) is 16.6. The number of rotatable bonds is 6. The van der Waals surface area contributed by atoms with E-state index in [1.54, 1.807) is 17.0 Å². The molecule has 1 aliphatic rings. The molecule has 1 saturated carbocycles. The first kappa shape index (κ1) is 16.1. The summed E-state index contributed by atoms with van der Waals surface area (Å²) in [7, 11) is 0. The largest absolute Gasteiger partial charge is 0.365 e. The fourth-order valence-electron chi connectivity index (χ4n) is 3.67. The van der Waals surface area contributed by atoms with E-state index in [9.17, 15) is 4.79 Å². The monoisotopic (exact) mass is 291 g/mol. The van der Waals surface area contributed by atoms with Crippen LogP contribution in [0.15, 0.2) is 17.2 Å². The molecule has 1 aromatic heterocycles. The van der Waals surface area contributed by atoms with Gasteiger partial charge in [-0.25, -0.2) is 4.98 Å². The van der Waals surface area contributed by atoms with Gasteiger partial charge in [0.25, 0.3) is 5.56 Å². The number of hydrogen-bond donors (Lipinski definition) is 1. The maximum absolute atomic E-state index is 12.4. The Morgan fingerprint density at radius 3 is 2.52 bits per heavy atom. The zero-order valence-electron chi connectivity index (χ0n) is 13.9. The van der Waals surface area contributed by atoms with Crippen molar-refractivity contribution in [2.24, 2.45) is 11.3 Å². The van der Waals surface area contributed by atoms with E-state index in [1.807, 2.05) is 13.8 Å². The van der Waals surface area contributed by atoms with Crippen LogP contribution in [0.1, 0.15) is 65.8 Å². The summed E-state index contributed by atoms with van der Waals surface area (Å²) in [6.07, 6.45) is 9.86. The molecule has 0 radical (unpaired) electrons. The highest BCUT2D eigenvalue weighted by molar-refractivity contribution is 5.31. The van der Waals surface area contributed by atoms with E-state index < -0.39 is 0 Å². The molecule has 1 fully saturated rings. The molecule has 0 unspecified atom stereocenters. The number of nitrogens with one attached hydrogen (secondary N) is 1. The van der Waals surface area contributed by atoms with Crippen molar-refractivity contribution in [2.75, 3.05) is 11.9 Å². The van der Waals surface area contributed by atoms with Crippen molar-refractivity contribution in [1.82, 2.24) is 9.55 Å². The van der Waals surface area contributed by atoms with Crippen molar-refractivity contribution in [1.29, 1.82) is 0 Å². The van der Waals surface area contributed by atoms with Gasteiger partial charge in [0.2, 0.25) is 0 Å². The maximum atomic E-state index is 12.4. The Bertz CT molecular complexity index is 513. The third kappa shape index (κ3) is 3.86. The first-order valence-electron chi connectivity index (χ1n) is 8.24. The van der Waals surface area contributed by atoms with Gasteiger partial charge in [-0.05, 0) is 44.4 Å². The van der Waals surface area contributed by atoms with Crippen molar-refractivity contribution < 1.29 is 0 Å². The predicted molar refractivity (Wildman–Crippen MR) is 87.7 cm³/mol. The van der Waals surface area contributed by atoms with Gasteiger partial charge in [-0.1, -0.05) is 26.7 Å². The van der Waals surface area contributed by atoms with Gasteiger partial charge in [0.15, 0.2) is 5.82 Å². The van der Waals surface area contributed by atoms with Crippen LogP contribution in [0, 0.1) is 11.3 Å². The molecule has 0 amide bonds. The average Bonchev–Trinajstić information content (AvgIpc) is 2.85. The Hall–Kier alpha value is -1.32. The van der Waals surface area contributed by atoms with Crippen LogP contribution < -0.4 is 10.9 Å². The van der Waals surface area contributed by atoms with Crippen LogP contribution in [0.4, 0.5) is 5.82 Å². The number of nitrogens with zero attached hydrogens (tertiary/aromatic N) is 2. The topological polar surface area (TPSA) is 46.9 Å². The molecular formula is C17H29N3O. The van der Waals surface area contributed by atoms with Crippen LogP contribution in [0.2, 0.25) is 0 Å². The van der Waals surface area contributed by atoms with Crippen LogP contribution in [-0.4, -0.2) is 16.1 Å². The number of hydrogen-bond acceptors (Lipinski definition) is 3. The second kappa shape index (κ2) is 6.63. The van der Waals surface area contributed by atoms with Gasteiger partial charge >= 0.3 is 0 Å². The normalized spacial score (nSPS) is 17.6. The molecule has 4 nitrogen and oxygen atoms in total. The molecule has 0 aromatic carbocycles. The molecule has 1 N–H and O–H groups in total. The van der Waals surface area contributed by atoms with Crippen molar-refractivity contribution in [3.05, 3.63) is 22.7 Å². The van der Waals surface area contributed by atoms with E-state index in [0.717, 1.165) is 6.54 Å². The van der Waals surface area contributed by atoms with Gasteiger partial charge < -0.3 is 9.88 Å². The quantitative estimate of drug-likeness (QED) is 0.866. The average molecular weight is 291 g/mol. The molecule has 0 aliphatic heterocycles. The Morgan fingerprint density at radius 2 is 1.95 bits per heavy atom. The van der Waals surface area contributed by atoms with Gasteiger partial charge in [0.05, 0.1) is 0 Å². The molecule has 4 heteroatoms. The lowest BCUT2D eigenvalue weighted by molar-refractivity contribution is 0.252. The van der Waals surface area contributed by atoms with Crippen molar-refractivity contribution >= 4 is 5.82 Å². The smallest absolute Gasteiger partial charge is 0.293 e. The van der Waals surface area contributed by atoms with Crippen molar-refractivity contribution in [2.45, 2.75) is 65.8 Å². The third-order valence-corrected chi connectivity index (χ3v) is 4.56. The van der Waals surface area contributed by atoms with E-state index >= 15 is 0 Å². The van der Waals surface area contributed by atoms with Crippen LogP contribution in [0.25, 0.3) is 0 Å². The van der Waals surface area contributed by atoms with E-state index in [2.05, 4.69) is 24.1 Å². The lowest BCUT2D eigenvalue weighted by Crippen LogP contribution is -2.32. The van der Waals surface area contributed by atoms with E-state index in [4.69, 9.17) is 0 Å². The second-order valence-electron chi connectivity index (χ2n) is 7.24. The summed E-state index contributed by atoms with van der Waals surface area (Å²) in [5, 5.41) is 3.35.